The fraction of sp³-hybridized carbons (Fsp3) is 0.200. The maximum Gasteiger partial charge on any atom is 0.308 e. The van der Waals surface area contributed by atoms with E-state index >= 15 is 0 Å². The molecular weight excluding hydrogens is 470 g/mol. The number of ether oxygens (including phenoxy) is 2. The highest BCUT2D eigenvalue weighted by molar-refractivity contribution is 7.99. The van der Waals surface area contributed by atoms with Crippen LogP contribution >= 0.6 is 11.8 Å². The monoisotopic (exact) mass is 493 g/mol. The van der Waals surface area contributed by atoms with E-state index in [2.05, 4.69) is 10.2 Å². The van der Waals surface area contributed by atoms with E-state index in [-0.39, 0.29) is 23.5 Å². The number of rotatable bonds is 8. The number of benzene rings is 3. The zero-order valence-electron chi connectivity index (χ0n) is 19.1. The second-order valence-electron chi connectivity index (χ2n) is 7.70. The molecule has 0 spiro atoms. The van der Waals surface area contributed by atoms with Gasteiger partial charge in [0.1, 0.15) is 5.75 Å². The third-order valence-corrected chi connectivity index (χ3v) is 6.53. The average Bonchev–Trinajstić information content (AvgIpc) is 2.86. The predicted octanol–water partition coefficient (Wildman–Crippen LogP) is 5.17. The quantitative estimate of drug-likeness (QED) is 0.260. The lowest BCUT2D eigenvalue weighted by atomic mass is 10.2. The van der Waals surface area contributed by atoms with Gasteiger partial charge in [-0.1, -0.05) is 36.0 Å². The highest BCUT2D eigenvalue weighted by Crippen LogP contribution is 2.47. The third-order valence-electron chi connectivity index (χ3n) is 5.40. The van der Waals surface area contributed by atoms with Gasteiger partial charge in [0.15, 0.2) is 6.10 Å². The van der Waals surface area contributed by atoms with Crippen LogP contribution in [-0.2, 0) is 14.3 Å². The first-order chi connectivity index (χ1) is 16.9. The Bertz CT molecular complexity index is 1240. The van der Waals surface area contributed by atoms with Gasteiger partial charge in [0.2, 0.25) is 0 Å². The molecule has 0 unspecified atom stereocenters. The van der Waals surface area contributed by atoms with Crippen molar-refractivity contribution in [2.24, 2.45) is 0 Å². The molecule has 1 aliphatic rings. The van der Waals surface area contributed by atoms with Gasteiger partial charge in [0.25, 0.3) is 11.6 Å². The van der Waals surface area contributed by atoms with Crippen molar-refractivity contribution in [2.45, 2.75) is 29.2 Å². The van der Waals surface area contributed by atoms with Crippen LogP contribution in [-0.4, -0.2) is 36.6 Å². The fourth-order valence-corrected chi connectivity index (χ4v) is 4.77. The number of nitro groups is 1. The molecule has 0 bridgehead atoms. The largest absolute Gasteiger partial charge is 0.495 e. The Morgan fingerprint density at radius 1 is 1.06 bits per heavy atom. The van der Waals surface area contributed by atoms with Gasteiger partial charge >= 0.3 is 5.97 Å². The van der Waals surface area contributed by atoms with E-state index in [1.807, 2.05) is 48.5 Å². The molecule has 10 heteroatoms. The number of nitro benzene ring substituents is 1. The highest BCUT2D eigenvalue weighted by atomic mass is 32.2. The Hall–Kier alpha value is -4.05. The molecule has 1 heterocycles. The molecule has 0 saturated heterocycles. The minimum absolute atomic E-state index is 0.0606. The lowest BCUT2D eigenvalue weighted by Crippen LogP contribution is -2.31. The fourth-order valence-electron chi connectivity index (χ4n) is 3.68. The SMILES string of the molecule is COc1ccc([N+](=O)[O-])cc1NC(=O)[C@H](C)OC(=O)CCN1c2ccccc2Sc2ccccc21. The summed E-state index contributed by atoms with van der Waals surface area (Å²) in [6.45, 7) is 1.82. The predicted molar refractivity (Wildman–Crippen MR) is 132 cm³/mol. The number of fused-ring (bicyclic) bond motifs is 2. The molecule has 0 aromatic heterocycles. The highest BCUT2D eigenvalue weighted by Gasteiger charge is 2.25. The normalized spacial score (nSPS) is 12.7. The second-order valence-corrected chi connectivity index (χ2v) is 8.79. The first-order valence-corrected chi connectivity index (χ1v) is 11.6. The van der Waals surface area contributed by atoms with Gasteiger partial charge in [0, 0.05) is 28.5 Å². The number of amides is 1. The zero-order chi connectivity index (χ0) is 24.9. The number of carbonyl (C=O) groups excluding carboxylic acids is 2. The molecule has 4 rings (SSSR count). The number of anilines is 3. The number of hydrogen-bond donors (Lipinski definition) is 1. The van der Waals surface area contributed by atoms with Crippen molar-refractivity contribution in [2.75, 3.05) is 23.9 Å². The number of hydrogen-bond acceptors (Lipinski definition) is 8. The van der Waals surface area contributed by atoms with E-state index in [4.69, 9.17) is 9.47 Å². The number of non-ortho nitro benzene ring substituents is 1. The Morgan fingerprint density at radius 2 is 1.69 bits per heavy atom. The molecule has 1 N–H and O–H groups in total. The van der Waals surface area contributed by atoms with Gasteiger partial charge in [-0.2, -0.15) is 0 Å². The maximum absolute atomic E-state index is 12.6. The molecule has 0 aliphatic carbocycles. The lowest BCUT2D eigenvalue weighted by Gasteiger charge is -2.32. The lowest BCUT2D eigenvalue weighted by molar-refractivity contribution is -0.384. The number of nitrogens with one attached hydrogen (secondary N) is 1. The summed E-state index contributed by atoms with van der Waals surface area (Å²) in [6.07, 6.45) is -1.05. The average molecular weight is 494 g/mol. The number of nitrogens with zero attached hydrogens (tertiary/aromatic N) is 2. The Morgan fingerprint density at radius 3 is 2.29 bits per heavy atom. The zero-order valence-corrected chi connectivity index (χ0v) is 19.9. The van der Waals surface area contributed by atoms with Crippen LogP contribution in [0.5, 0.6) is 5.75 Å². The van der Waals surface area contributed by atoms with Gasteiger partial charge in [0.05, 0.1) is 35.5 Å². The molecule has 1 amide bonds. The molecule has 3 aromatic carbocycles. The number of para-hydroxylation sites is 2. The van der Waals surface area contributed by atoms with E-state index in [0.29, 0.717) is 6.54 Å². The van der Waals surface area contributed by atoms with E-state index in [1.165, 1.54) is 32.2 Å². The van der Waals surface area contributed by atoms with Crippen LogP contribution < -0.4 is 15.0 Å². The molecular formula is C25H23N3O6S. The van der Waals surface area contributed by atoms with Gasteiger partial charge < -0.3 is 19.7 Å². The Kier molecular flexibility index (Phi) is 7.21. The van der Waals surface area contributed by atoms with Crippen LogP contribution in [0.15, 0.2) is 76.5 Å². The van der Waals surface area contributed by atoms with Gasteiger partial charge in [-0.05, 0) is 37.3 Å². The van der Waals surface area contributed by atoms with Crippen molar-refractivity contribution in [1.82, 2.24) is 0 Å². The number of esters is 1. The number of carbonyl (C=O) groups is 2. The summed E-state index contributed by atoms with van der Waals surface area (Å²) >= 11 is 1.68. The van der Waals surface area contributed by atoms with Crippen LogP contribution in [0, 0.1) is 10.1 Å². The van der Waals surface area contributed by atoms with Crippen molar-refractivity contribution < 1.29 is 24.0 Å². The molecule has 9 nitrogen and oxygen atoms in total. The maximum atomic E-state index is 12.6. The molecule has 1 atom stereocenters. The van der Waals surface area contributed by atoms with Crippen molar-refractivity contribution in [3.05, 3.63) is 76.8 Å². The van der Waals surface area contributed by atoms with Crippen LogP contribution in [0.4, 0.5) is 22.7 Å². The standard InChI is InChI=1S/C25H23N3O6S/c1-16(25(30)26-18-15-17(28(31)32)11-12-21(18)33-2)34-24(29)13-14-27-19-7-3-5-9-22(19)35-23-10-6-4-8-20(23)27/h3-12,15-16H,13-14H2,1-2H3,(H,26,30)/t16-/m0/s1. The summed E-state index contributed by atoms with van der Waals surface area (Å²) < 4.78 is 10.5. The first kappa shape index (κ1) is 24.1. The summed E-state index contributed by atoms with van der Waals surface area (Å²) in [6, 6.07) is 19.8. The van der Waals surface area contributed by atoms with E-state index in [9.17, 15) is 19.7 Å². The third kappa shape index (κ3) is 5.38. The minimum atomic E-state index is -1.11. The minimum Gasteiger partial charge on any atom is -0.495 e. The van der Waals surface area contributed by atoms with Crippen LogP contribution in [0.1, 0.15) is 13.3 Å². The molecule has 1 aliphatic heterocycles. The van der Waals surface area contributed by atoms with E-state index in [1.54, 1.807) is 11.8 Å². The van der Waals surface area contributed by atoms with Crippen molar-refractivity contribution >= 4 is 46.4 Å². The van der Waals surface area contributed by atoms with E-state index in [0.717, 1.165) is 21.2 Å². The van der Waals surface area contributed by atoms with Crippen molar-refractivity contribution in [3.63, 3.8) is 0 Å². The van der Waals surface area contributed by atoms with Gasteiger partial charge in [-0.15, -0.1) is 0 Å². The number of methoxy groups -OCH3 is 1. The molecule has 35 heavy (non-hydrogen) atoms. The second kappa shape index (κ2) is 10.5. The summed E-state index contributed by atoms with van der Waals surface area (Å²) in [4.78, 5) is 39.9. The Labute approximate surface area is 206 Å². The molecule has 3 aromatic rings. The van der Waals surface area contributed by atoms with Crippen LogP contribution in [0.2, 0.25) is 0 Å². The summed E-state index contributed by atoms with van der Waals surface area (Å²) in [5.74, 6) is -0.906. The van der Waals surface area contributed by atoms with Crippen molar-refractivity contribution in [1.29, 1.82) is 0 Å². The summed E-state index contributed by atoms with van der Waals surface area (Å²) in [5.41, 5.74) is 1.93. The topological polar surface area (TPSA) is 111 Å². The van der Waals surface area contributed by atoms with Gasteiger partial charge in [-0.25, -0.2) is 0 Å². The smallest absolute Gasteiger partial charge is 0.308 e. The molecule has 0 saturated carbocycles. The van der Waals surface area contributed by atoms with Gasteiger partial charge in [-0.3, -0.25) is 19.7 Å². The molecule has 180 valence electrons. The van der Waals surface area contributed by atoms with Crippen LogP contribution in [0.3, 0.4) is 0 Å². The van der Waals surface area contributed by atoms with E-state index < -0.39 is 22.9 Å². The summed E-state index contributed by atoms with van der Waals surface area (Å²) in [7, 11) is 1.38. The Balaban J connectivity index is 1.40. The first-order valence-electron chi connectivity index (χ1n) is 10.8. The molecule has 0 radical (unpaired) electrons. The van der Waals surface area contributed by atoms with Crippen LogP contribution in [0.25, 0.3) is 0 Å². The summed E-state index contributed by atoms with van der Waals surface area (Å²) in [5, 5.41) is 13.6. The molecule has 0 fully saturated rings. The van der Waals surface area contributed by atoms with Crippen molar-refractivity contribution in [3.8, 4) is 5.75 Å².